The molecule has 29 nitrogen and oxygen atoms in total. The van der Waals surface area contributed by atoms with Gasteiger partial charge in [-0.1, -0.05) is 15.6 Å². The van der Waals surface area contributed by atoms with Crippen LogP contribution in [0.4, 0.5) is 23.3 Å². The Bertz CT molecular complexity index is 3050. The number of aromatic nitrogens is 19. The van der Waals surface area contributed by atoms with Crippen LogP contribution in [0.2, 0.25) is 0 Å². The summed E-state index contributed by atoms with van der Waals surface area (Å²) in [6, 6.07) is 5.35. The summed E-state index contributed by atoms with van der Waals surface area (Å²) >= 11 is 4.24. The fourth-order valence-corrected chi connectivity index (χ4v) is 7.52. The molecule has 0 unspecified atom stereocenters. The van der Waals surface area contributed by atoms with Gasteiger partial charge < -0.3 is 34.0 Å². The van der Waals surface area contributed by atoms with Gasteiger partial charge in [-0.25, -0.2) is 48.6 Å². The zero-order valence-electron chi connectivity index (χ0n) is 38.8. The second-order valence-electron chi connectivity index (χ2n) is 15.1. The van der Waals surface area contributed by atoms with Crippen LogP contribution in [0.15, 0.2) is 97.6 Å². The molecule has 376 valence electrons. The summed E-state index contributed by atoms with van der Waals surface area (Å²) in [4.78, 5) is 58.4. The molecule has 0 spiro atoms. The summed E-state index contributed by atoms with van der Waals surface area (Å²) in [5.41, 5.74) is 0.902. The third-order valence-corrected chi connectivity index (χ3v) is 11.0. The zero-order valence-corrected chi connectivity index (χ0v) is 47.5. The molecule has 12 heterocycles. The number of aromatic amines is 1. The molecular formula is C40H43I3N23NaO6. The maximum Gasteiger partial charge on any atom is 1.00 e. The molecule has 8 aromatic heterocycles. The summed E-state index contributed by atoms with van der Waals surface area (Å²) in [6.07, 6.45) is 18.6. The second kappa shape index (κ2) is 27.1. The number of rotatable bonds is 9. The largest absolute Gasteiger partial charge is 1.00 e. The van der Waals surface area contributed by atoms with E-state index in [4.69, 9.17) is 14.2 Å². The Balaban J connectivity index is 0.000000155. The first-order chi connectivity index (χ1) is 35.0. The maximum atomic E-state index is 12.6. The average molecular weight is 1350 g/mol. The van der Waals surface area contributed by atoms with Crippen molar-refractivity contribution in [3.63, 3.8) is 0 Å². The fraction of sp³-hybridized carbons (Fsp3) is 0.325. The van der Waals surface area contributed by atoms with E-state index < -0.39 is 0 Å². The smallest absolute Gasteiger partial charge is 0.857 e. The number of halogens is 3. The van der Waals surface area contributed by atoms with E-state index in [2.05, 4.69) is 123 Å². The van der Waals surface area contributed by atoms with Gasteiger partial charge in [-0.2, -0.15) is 9.78 Å². The van der Waals surface area contributed by atoms with E-state index in [-0.39, 0.29) is 70.9 Å². The molecule has 4 aliphatic heterocycles. The van der Waals surface area contributed by atoms with Crippen LogP contribution in [0.1, 0.15) is 0 Å². The zero-order chi connectivity index (χ0) is 48.9. The van der Waals surface area contributed by atoms with Crippen LogP contribution >= 0.6 is 61.2 Å². The Morgan fingerprint density at radius 3 is 1.52 bits per heavy atom. The van der Waals surface area contributed by atoms with Crippen molar-refractivity contribution >= 4 is 96.1 Å². The number of carbonyl (C=O) groups is 1. The summed E-state index contributed by atoms with van der Waals surface area (Å²) in [5.74, 6) is 3.32. The van der Waals surface area contributed by atoms with Crippen LogP contribution in [0.3, 0.4) is 0 Å². The minimum absolute atomic E-state index is 0. The summed E-state index contributed by atoms with van der Waals surface area (Å²) < 4.78 is 22.8. The van der Waals surface area contributed by atoms with Crippen LogP contribution in [0.5, 0.6) is 5.88 Å². The van der Waals surface area contributed by atoms with E-state index in [0.29, 0.717) is 80.7 Å². The van der Waals surface area contributed by atoms with Crippen molar-refractivity contribution in [1.29, 1.82) is 0 Å². The van der Waals surface area contributed by atoms with Crippen molar-refractivity contribution in [2.45, 2.75) is 0 Å². The van der Waals surface area contributed by atoms with Gasteiger partial charge in [0.15, 0.2) is 17.3 Å². The van der Waals surface area contributed by atoms with Crippen molar-refractivity contribution in [1.82, 2.24) is 94.4 Å². The van der Waals surface area contributed by atoms with E-state index in [1.165, 1.54) is 67.2 Å². The van der Waals surface area contributed by atoms with E-state index in [1.54, 1.807) is 41.8 Å². The van der Waals surface area contributed by atoms with Gasteiger partial charge in [-0.15, -0.1) is 39.3 Å². The Morgan fingerprint density at radius 2 is 1.01 bits per heavy atom. The van der Waals surface area contributed by atoms with Crippen molar-refractivity contribution in [2.75, 3.05) is 105 Å². The van der Waals surface area contributed by atoms with Crippen LogP contribution in [0, 0.1) is 0 Å². The Labute approximate surface area is 477 Å². The van der Waals surface area contributed by atoms with Gasteiger partial charge >= 0.3 is 29.6 Å². The number of nitrogens with one attached hydrogen (secondary N) is 1. The normalized spacial score (nSPS) is 15.4. The first-order valence-corrected chi connectivity index (χ1v) is 28.0. The number of anilines is 4. The third kappa shape index (κ3) is 13.2. The van der Waals surface area contributed by atoms with E-state index >= 15 is 0 Å². The van der Waals surface area contributed by atoms with Gasteiger partial charge in [0, 0.05) is 107 Å². The minimum Gasteiger partial charge on any atom is -0.857 e. The molecule has 0 aliphatic carbocycles. The standard InChI is InChI=1S/C14H15N7O2.2C13H14N8O2.I2.HI.Na/c22-14-11(21-4-2-17-18-21)1-3-20(14)13-9-12(15-10-16-13)19-5-7-23-8-6-19;2*22-13-10(20-2-1-16-18-20)8-17-21(13)12-7-11(14-9-15-12)19-3-5-23-6-4-19;1-2;;/h1-2,4,9-10H,3,5-8H2;1-2,7-9,22H,3-6H2;1-2,7-9,17H,3-6H2;;1H;/q;;;;;+1/p-1. The Morgan fingerprint density at radius 1 is 0.575 bits per heavy atom. The number of carbonyl (C=O) groups excluding carboxylic acids is 1. The number of nitrogens with zero attached hydrogens (tertiary/aromatic N) is 22. The molecule has 0 saturated carbocycles. The van der Waals surface area contributed by atoms with Gasteiger partial charge in [-0.05, 0) is 6.08 Å². The average Bonchev–Trinajstić information content (AvgIpc) is 4.32. The number of amides is 1. The molecule has 0 radical (unpaired) electrons. The van der Waals surface area contributed by atoms with Gasteiger partial charge in [0.2, 0.25) is 0 Å². The summed E-state index contributed by atoms with van der Waals surface area (Å²) in [7, 11) is 0. The van der Waals surface area contributed by atoms with Crippen LogP contribution in [0.25, 0.3) is 28.7 Å². The molecule has 1 N–H and O–H groups in total. The van der Waals surface area contributed by atoms with Crippen molar-refractivity contribution in [2.24, 2.45) is 0 Å². The maximum absolute atomic E-state index is 12.6. The molecule has 12 rings (SSSR count). The summed E-state index contributed by atoms with van der Waals surface area (Å²) in [6.45, 7) is 9.06. The molecule has 3 fully saturated rings. The molecule has 3 saturated heterocycles. The van der Waals surface area contributed by atoms with Crippen molar-refractivity contribution in [3.8, 4) is 28.9 Å². The molecular weight excluding hydrogens is 1300 g/mol. The summed E-state index contributed by atoms with van der Waals surface area (Å²) in [5, 5.41) is 42.1. The predicted molar refractivity (Wildman–Crippen MR) is 282 cm³/mol. The third-order valence-electron chi connectivity index (χ3n) is 11.0. The fourth-order valence-electron chi connectivity index (χ4n) is 7.52. The van der Waals surface area contributed by atoms with E-state index in [9.17, 15) is 14.7 Å². The van der Waals surface area contributed by atoms with E-state index in [1.807, 2.05) is 12.1 Å². The molecule has 0 aromatic carbocycles. The van der Waals surface area contributed by atoms with Gasteiger partial charge in [-0.3, -0.25) is 19.6 Å². The van der Waals surface area contributed by atoms with Gasteiger partial charge in [0.1, 0.15) is 48.0 Å². The molecule has 0 atom stereocenters. The van der Waals surface area contributed by atoms with Gasteiger partial charge in [0.05, 0.1) is 94.9 Å². The van der Waals surface area contributed by atoms with Crippen molar-refractivity contribution in [3.05, 3.63) is 103 Å². The first kappa shape index (κ1) is 55.1. The molecule has 73 heavy (non-hydrogen) atoms. The predicted octanol–water partition coefficient (Wildman–Crippen LogP) is -2.29. The molecule has 1 amide bonds. The Hall–Kier alpha value is -5.64. The molecule has 8 aromatic rings. The van der Waals surface area contributed by atoms with Crippen molar-refractivity contribution < 1.29 is 53.7 Å². The second-order valence-corrected chi connectivity index (χ2v) is 15.1. The molecule has 4 aliphatic rings. The monoisotopic (exact) mass is 1350 g/mol. The van der Waals surface area contributed by atoms with Gasteiger partial charge in [0.25, 0.3) is 11.5 Å². The SMILES string of the molecule is I.II.O=C1C(n2ccnn2)=CCN1c1cc(N2CCOCC2)ncn1.O=c1c(-n2ccnn2)c[nH]n1-c1cc(N2CCOCC2)ncn1.[Na+].[O-]c1c(-n2ccnn2)cnn1-c1cc(N2CCOCC2)ncn1. The number of hydrogen-bond acceptors (Lipinski definition) is 22. The molecule has 33 heteroatoms. The quantitative estimate of drug-likeness (QED) is 0.117. The number of hydrogen-bond donors (Lipinski definition) is 1. The Kier molecular flexibility index (Phi) is 20.4. The van der Waals surface area contributed by atoms with Crippen LogP contribution in [-0.2, 0) is 19.0 Å². The minimum atomic E-state index is -0.317. The number of H-pyrrole nitrogens is 1. The molecule has 0 bridgehead atoms. The number of ether oxygens (including phenoxy) is 3. The van der Waals surface area contributed by atoms with Crippen LogP contribution < -0.4 is 59.8 Å². The number of morpholine rings is 3. The van der Waals surface area contributed by atoms with Crippen LogP contribution in [-0.4, -0.2) is 186 Å². The topological polar surface area (TPSA) is 306 Å². The van der Waals surface area contributed by atoms with E-state index in [0.717, 1.165) is 56.7 Å². The first-order valence-electron chi connectivity index (χ1n) is 21.8.